The molecule has 1 fully saturated rings. The Morgan fingerprint density at radius 3 is 2.36 bits per heavy atom. The first kappa shape index (κ1) is 23.6. The van der Waals surface area contributed by atoms with Crippen molar-refractivity contribution >= 4 is 23.3 Å². The lowest BCUT2D eigenvalue weighted by molar-refractivity contribution is 0.0977. The third kappa shape index (κ3) is 4.69. The van der Waals surface area contributed by atoms with Gasteiger partial charge in [-0.05, 0) is 54.8 Å². The van der Waals surface area contributed by atoms with Gasteiger partial charge in [0.2, 0.25) is 0 Å². The summed E-state index contributed by atoms with van der Waals surface area (Å²) in [6, 6.07) is 21.1. The smallest absolute Gasteiger partial charge is 0.257 e. The van der Waals surface area contributed by atoms with E-state index >= 15 is 0 Å². The van der Waals surface area contributed by atoms with Crippen molar-refractivity contribution in [3.8, 4) is 11.5 Å². The molecule has 1 aliphatic heterocycles. The Kier molecular flexibility index (Phi) is 6.71. The van der Waals surface area contributed by atoms with Crippen molar-refractivity contribution in [3.63, 3.8) is 0 Å². The van der Waals surface area contributed by atoms with E-state index in [0.29, 0.717) is 17.2 Å². The summed E-state index contributed by atoms with van der Waals surface area (Å²) in [6.07, 6.45) is 4.57. The van der Waals surface area contributed by atoms with E-state index in [1.54, 1.807) is 26.4 Å². The molecule has 2 atom stereocenters. The van der Waals surface area contributed by atoms with Crippen molar-refractivity contribution in [2.75, 3.05) is 19.5 Å². The van der Waals surface area contributed by atoms with Crippen LogP contribution in [-0.4, -0.2) is 37.8 Å². The molecular weight excluding hydrogens is 452 g/mol. The number of rotatable bonds is 5. The number of carbonyl (C=O) groups excluding carboxylic acids is 1. The maximum atomic E-state index is 12.7. The Morgan fingerprint density at radius 2 is 1.64 bits per heavy atom. The van der Waals surface area contributed by atoms with Gasteiger partial charge in [-0.2, -0.15) is 0 Å². The molecule has 36 heavy (non-hydrogen) atoms. The highest BCUT2D eigenvalue weighted by Crippen LogP contribution is 2.44. The van der Waals surface area contributed by atoms with Gasteiger partial charge >= 0.3 is 0 Å². The molecule has 0 bridgehead atoms. The predicted molar refractivity (Wildman–Crippen MR) is 142 cm³/mol. The fourth-order valence-electron chi connectivity index (χ4n) is 5.16. The average Bonchev–Trinajstić information content (AvgIpc) is 2.92. The number of amides is 1. The van der Waals surface area contributed by atoms with Gasteiger partial charge < -0.3 is 14.8 Å². The number of nitrogens with zero attached hydrogens (tertiary/aromatic N) is 1. The summed E-state index contributed by atoms with van der Waals surface area (Å²) >= 11 is 0. The minimum atomic E-state index is -0.347. The Hall–Kier alpha value is -4.13. The van der Waals surface area contributed by atoms with Crippen LogP contribution in [0.3, 0.4) is 0 Å². The highest BCUT2D eigenvalue weighted by atomic mass is 16.5. The summed E-state index contributed by atoms with van der Waals surface area (Å²) in [5.41, 5.74) is 5.38. The van der Waals surface area contributed by atoms with Gasteiger partial charge in [0.1, 0.15) is 0 Å². The number of guanidine groups is 1. The molecule has 1 aliphatic carbocycles. The number of nitrogens with one attached hydrogen (secondary N) is 3. The van der Waals surface area contributed by atoms with Crippen molar-refractivity contribution in [2.45, 2.75) is 37.6 Å². The lowest BCUT2D eigenvalue weighted by Gasteiger charge is -2.35. The highest BCUT2D eigenvalue weighted by Gasteiger charge is 2.34. The number of carbonyl (C=O) groups is 1. The number of hydrogen-bond donors (Lipinski definition) is 3. The van der Waals surface area contributed by atoms with Crippen LogP contribution in [0.5, 0.6) is 11.5 Å². The van der Waals surface area contributed by atoms with Gasteiger partial charge in [-0.15, -0.1) is 0 Å². The molecule has 3 aromatic rings. The fourth-order valence-corrected chi connectivity index (χ4v) is 5.16. The van der Waals surface area contributed by atoms with Gasteiger partial charge in [0.05, 0.1) is 26.0 Å². The van der Waals surface area contributed by atoms with E-state index in [9.17, 15) is 4.79 Å². The first-order valence-corrected chi connectivity index (χ1v) is 12.2. The maximum Gasteiger partial charge on any atom is 0.257 e. The van der Waals surface area contributed by atoms with Gasteiger partial charge in [0.15, 0.2) is 17.5 Å². The minimum Gasteiger partial charge on any atom is -0.493 e. The molecule has 3 aromatic carbocycles. The number of ether oxygens (including phenoxy) is 2. The van der Waals surface area contributed by atoms with Crippen molar-refractivity contribution in [2.24, 2.45) is 4.99 Å². The van der Waals surface area contributed by atoms with Crippen molar-refractivity contribution in [1.82, 2.24) is 5.32 Å². The SMILES string of the molecule is COc1cc2c(cc1OC)[C@H]1CCCC[C@H]1N=C2c1ccc(C(=O)NC(=N)Nc2ccccc2)cc1. The molecule has 0 radical (unpaired) electrons. The van der Waals surface area contributed by atoms with E-state index in [4.69, 9.17) is 19.9 Å². The number of anilines is 1. The lowest BCUT2D eigenvalue weighted by atomic mass is 9.75. The van der Waals surface area contributed by atoms with Crippen LogP contribution < -0.4 is 20.1 Å². The molecule has 1 heterocycles. The van der Waals surface area contributed by atoms with E-state index < -0.39 is 0 Å². The molecule has 0 aromatic heterocycles. The van der Waals surface area contributed by atoms with Gasteiger partial charge in [0, 0.05) is 28.3 Å². The van der Waals surface area contributed by atoms with Crippen LogP contribution in [0.2, 0.25) is 0 Å². The largest absolute Gasteiger partial charge is 0.493 e. The van der Waals surface area contributed by atoms with Gasteiger partial charge in [-0.3, -0.25) is 20.5 Å². The van der Waals surface area contributed by atoms with E-state index in [1.807, 2.05) is 48.5 Å². The Morgan fingerprint density at radius 1 is 0.944 bits per heavy atom. The number of fused-ring (bicyclic) bond motifs is 3. The number of aliphatic imine (C=N–C) groups is 1. The van der Waals surface area contributed by atoms with E-state index in [2.05, 4.69) is 16.7 Å². The molecule has 0 spiro atoms. The molecular formula is C29H30N4O3. The zero-order chi connectivity index (χ0) is 25.1. The molecule has 7 nitrogen and oxygen atoms in total. The van der Waals surface area contributed by atoms with E-state index in [-0.39, 0.29) is 17.9 Å². The average molecular weight is 483 g/mol. The zero-order valence-electron chi connectivity index (χ0n) is 20.5. The molecule has 0 saturated heterocycles. The van der Waals surface area contributed by atoms with Gasteiger partial charge in [0.25, 0.3) is 5.91 Å². The molecule has 184 valence electrons. The number of para-hydroxylation sites is 1. The highest BCUT2D eigenvalue weighted by molar-refractivity contribution is 6.15. The molecule has 5 rings (SSSR count). The maximum absolute atomic E-state index is 12.7. The molecule has 1 amide bonds. The fraction of sp³-hybridized carbons (Fsp3) is 0.276. The summed E-state index contributed by atoms with van der Waals surface area (Å²) in [5, 5.41) is 13.5. The predicted octanol–water partition coefficient (Wildman–Crippen LogP) is 5.36. The standard InChI is InChI=1S/C29H30N4O3/c1-35-25-16-22-21-10-6-7-11-24(21)32-27(23(22)17-26(25)36-2)18-12-14-19(15-13-18)28(34)33-29(30)31-20-8-4-3-5-9-20/h3-5,8-9,12-17,21,24H,6-7,10-11H2,1-2H3,(H3,30,31,33,34)/t21-,24-/m1/s1. The first-order chi connectivity index (χ1) is 17.6. The number of methoxy groups -OCH3 is 2. The monoisotopic (exact) mass is 482 g/mol. The van der Waals surface area contributed by atoms with Crippen molar-refractivity contribution in [1.29, 1.82) is 5.41 Å². The summed E-state index contributed by atoms with van der Waals surface area (Å²) in [5.74, 6) is 1.37. The van der Waals surface area contributed by atoms with E-state index in [0.717, 1.165) is 41.1 Å². The first-order valence-electron chi connectivity index (χ1n) is 12.2. The number of hydrogen-bond acceptors (Lipinski definition) is 5. The molecule has 7 heteroatoms. The summed E-state index contributed by atoms with van der Waals surface area (Å²) in [6.45, 7) is 0. The molecule has 3 N–H and O–H groups in total. The zero-order valence-corrected chi connectivity index (χ0v) is 20.5. The second-order valence-electron chi connectivity index (χ2n) is 9.13. The van der Waals surface area contributed by atoms with Crippen molar-refractivity contribution in [3.05, 3.63) is 89.0 Å². The molecule has 1 saturated carbocycles. The van der Waals surface area contributed by atoms with Crippen LogP contribution in [0.25, 0.3) is 0 Å². The Labute approximate surface area is 211 Å². The third-order valence-electron chi connectivity index (χ3n) is 6.94. The molecule has 2 aliphatic rings. The van der Waals surface area contributed by atoms with E-state index in [1.165, 1.54) is 18.4 Å². The Bertz CT molecular complexity index is 1300. The molecule has 0 unspecified atom stereocenters. The quantitative estimate of drug-likeness (QED) is 0.337. The van der Waals surface area contributed by atoms with Crippen LogP contribution >= 0.6 is 0 Å². The minimum absolute atomic E-state index is 0.0785. The van der Waals surface area contributed by atoms with Crippen LogP contribution in [0.4, 0.5) is 5.69 Å². The normalized spacial score (nSPS) is 18.2. The lowest BCUT2D eigenvalue weighted by Crippen LogP contribution is -2.35. The van der Waals surface area contributed by atoms with Crippen LogP contribution in [0.15, 0.2) is 71.7 Å². The summed E-state index contributed by atoms with van der Waals surface area (Å²) < 4.78 is 11.2. The van der Waals surface area contributed by atoms with Gasteiger partial charge in [-0.25, -0.2) is 0 Å². The Balaban J connectivity index is 1.40. The number of benzene rings is 3. The second kappa shape index (κ2) is 10.2. The summed E-state index contributed by atoms with van der Waals surface area (Å²) in [7, 11) is 3.31. The third-order valence-corrected chi connectivity index (χ3v) is 6.94. The van der Waals surface area contributed by atoms with Gasteiger partial charge in [-0.1, -0.05) is 43.2 Å². The second-order valence-corrected chi connectivity index (χ2v) is 9.13. The summed E-state index contributed by atoms with van der Waals surface area (Å²) in [4.78, 5) is 17.9. The van der Waals surface area contributed by atoms with Crippen molar-refractivity contribution < 1.29 is 14.3 Å². The van der Waals surface area contributed by atoms with Crippen LogP contribution in [-0.2, 0) is 0 Å². The van der Waals surface area contributed by atoms with Crippen LogP contribution in [0, 0.1) is 5.41 Å². The topological polar surface area (TPSA) is 95.8 Å². The van der Waals surface area contributed by atoms with Crippen LogP contribution in [0.1, 0.15) is 58.6 Å².